The van der Waals surface area contributed by atoms with E-state index in [-0.39, 0.29) is 5.78 Å². The Hall–Kier alpha value is -1.80. The van der Waals surface area contributed by atoms with Crippen molar-refractivity contribution in [2.75, 3.05) is 6.26 Å². The first-order valence-electron chi connectivity index (χ1n) is 14.7. The van der Waals surface area contributed by atoms with Crippen molar-refractivity contribution in [2.24, 2.45) is 0 Å². The zero-order valence-corrected chi connectivity index (χ0v) is 23.9. The molecule has 0 amide bonds. The Morgan fingerprint density at radius 2 is 1.22 bits per heavy atom. The number of hydrogen-bond acceptors (Lipinski definition) is 2. The second-order valence-corrected chi connectivity index (χ2v) is 11.1. The van der Waals surface area contributed by atoms with Crippen LogP contribution in [0.3, 0.4) is 0 Å². The Morgan fingerprint density at radius 1 is 0.694 bits per heavy atom. The third-order valence-electron chi connectivity index (χ3n) is 7.07. The predicted octanol–water partition coefficient (Wildman–Crippen LogP) is 11.1. The third-order valence-corrected chi connectivity index (χ3v) is 7.82. The van der Waals surface area contributed by atoms with Gasteiger partial charge < -0.3 is 0 Å². The average molecular weight is 507 g/mol. The lowest BCUT2D eigenvalue weighted by molar-refractivity contribution is 0.104. The van der Waals surface area contributed by atoms with Gasteiger partial charge in [0, 0.05) is 10.5 Å². The van der Waals surface area contributed by atoms with Crippen LogP contribution in [-0.4, -0.2) is 12.0 Å². The second kappa shape index (κ2) is 20.3. The number of thioether (sulfide) groups is 1. The van der Waals surface area contributed by atoms with Crippen LogP contribution < -0.4 is 0 Å². The minimum absolute atomic E-state index is 0.0813. The van der Waals surface area contributed by atoms with Gasteiger partial charge in [-0.15, -0.1) is 11.8 Å². The molecule has 0 heterocycles. The van der Waals surface area contributed by atoms with Crippen LogP contribution in [-0.2, 0) is 6.42 Å². The van der Waals surface area contributed by atoms with Gasteiger partial charge in [-0.2, -0.15) is 0 Å². The average Bonchev–Trinajstić information content (AvgIpc) is 2.92. The quantitative estimate of drug-likeness (QED) is 0.0724. The van der Waals surface area contributed by atoms with Crippen LogP contribution in [0.15, 0.2) is 59.5 Å². The van der Waals surface area contributed by atoms with Gasteiger partial charge in [-0.05, 0) is 54.5 Å². The monoisotopic (exact) mass is 506 g/mol. The summed E-state index contributed by atoms with van der Waals surface area (Å²) < 4.78 is 0. The molecule has 198 valence electrons. The van der Waals surface area contributed by atoms with Crippen molar-refractivity contribution in [2.45, 2.75) is 121 Å². The van der Waals surface area contributed by atoms with Crippen LogP contribution in [0.25, 0.3) is 6.08 Å². The molecule has 2 aromatic carbocycles. The summed E-state index contributed by atoms with van der Waals surface area (Å²) >= 11 is 1.73. The molecule has 0 atom stereocenters. The SMILES string of the molecule is CCCCCCCCCCCCCCCCCCc1cccc(C(=O)C=Cc2ccc(SC)cc2)c1. The highest BCUT2D eigenvalue weighted by molar-refractivity contribution is 7.98. The van der Waals surface area contributed by atoms with Crippen LogP contribution in [0.1, 0.15) is 131 Å². The van der Waals surface area contributed by atoms with E-state index < -0.39 is 0 Å². The van der Waals surface area contributed by atoms with Crippen molar-refractivity contribution in [3.63, 3.8) is 0 Å². The van der Waals surface area contributed by atoms with Crippen molar-refractivity contribution >= 4 is 23.6 Å². The summed E-state index contributed by atoms with van der Waals surface area (Å²) in [5, 5.41) is 0. The van der Waals surface area contributed by atoms with E-state index in [0.717, 1.165) is 17.5 Å². The van der Waals surface area contributed by atoms with E-state index in [2.05, 4.69) is 49.6 Å². The van der Waals surface area contributed by atoms with Crippen molar-refractivity contribution in [1.82, 2.24) is 0 Å². The van der Waals surface area contributed by atoms with E-state index >= 15 is 0 Å². The lowest BCUT2D eigenvalue weighted by atomic mass is 10.0. The Morgan fingerprint density at radius 3 is 1.75 bits per heavy atom. The Labute approximate surface area is 226 Å². The molecule has 0 radical (unpaired) electrons. The maximum Gasteiger partial charge on any atom is 0.185 e. The number of aryl methyl sites for hydroxylation is 1. The maximum atomic E-state index is 12.6. The molecule has 2 rings (SSSR count). The molecule has 0 bridgehead atoms. The number of carbonyl (C=O) groups is 1. The molecule has 0 saturated carbocycles. The van der Waals surface area contributed by atoms with Gasteiger partial charge in [0.15, 0.2) is 5.78 Å². The molecule has 0 aliphatic rings. The van der Waals surface area contributed by atoms with Gasteiger partial charge in [-0.25, -0.2) is 0 Å². The van der Waals surface area contributed by atoms with Crippen molar-refractivity contribution < 1.29 is 4.79 Å². The fraction of sp³-hybridized carbons (Fsp3) is 0.559. The fourth-order valence-corrected chi connectivity index (χ4v) is 5.15. The van der Waals surface area contributed by atoms with E-state index in [1.165, 1.54) is 113 Å². The van der Waals surface area contributed by atoms with Gasteiger partial charge >= 0.3 is 0 Å². The summed E-state index contributed by atoms with van der Waals surface area (Å²) in [5.74, 6) is 0.0813. The van der Waals surface area contributed by atoms with Gasteiger partial charge in [0.1, 0.15) is 0 Å². The Kier molecular flexibility index (Phi) is 17.1. The van der Waals surface area contributed by atoms with Gasteiger partial charge in [0.2, 0.25) is 0 Å². The lowest BCUT2D eigenvalue weighted by Crippen LogP contribution is -1.96. The highest BCUT2D eigenvalue weighted by atomic mass is 32.2. The predicted molar refractivity (Wildman–Crippen MR) is 161 cm³/mol. The van der Waals surface area contributed by atoms with Gasteiger partial charge in [0.25, 0.3) is 0 Å². The van der Waals surface area contributed by atoms with Crippen molar-refractivity contribution in [3.8, 4) is 0 Å². The van der Waals surface area contributed by atoms with E-state index in [9.17, 15) is 4.79 Å². The van der Waals surface area contributed by atoms with Crippen LogP contribution in [0.4, 0.5) is 0 Å². The molecule has 0 fully saturated rings. The number of benzene rings is 2. The fourth-order valence-electron chi connectivity index (χ4n) is 4.74. The summed E-state index contributed by atoms with van der Waals surface area (Å²) in [5.41, 5.74) is 3.13. The first-order valence-corrected chi connectivity index (χ1v) is 15.9. The van der Waals surface area contributed by atoms with Crippen LogP contribution in [0.2, 0.25) is 0 Å². The summed E-state index contributed by atoms with van der Waals surface area (Å²) in [6, 6.07) is 16.5. The topological polar surface area (TPSA) is 17.1 Å². The number of rotatable bonds is 21. The minimum Gasteiger partial charge on any atom is -0.289 e. The molecule has 36 heavy (non-hydrogen) atoms. The molecule has 0 spiro atoms. The molecule has 0 aromatic heterocycles. The molecular formula is C34H50OS. The van der Waals surface area contributed by atoms with E-state index in [0.29, 0.717) is 0 Å². The molecule has 0 aliphatic carbocycles. The highest BCUT2D eigenvalue weighted by Crippen LogP contribution is 2.17. The van der Waals surface area contributed by atoms with Crippen LogP contribution in [0.5, 0.6) is 0 Å². The van der Waals surface area contributed by atoms with Gasteiger partial charge in [-0.1, -0.05) is 140 Å². The lowest BCUT2D eigenvalue weighted by Gasteiger charge is -2.05. The number of allylic oxidation sites excluding steroid dienone is 1. The Balaban J connectivity index is 1.50. The molecule has 1 nitrogen and oxygen atoms in total. The van der Waals surface area contributed by atoms with E-state index in [1.54, 1.807) is 17.8 Å². The number of hydrogen-bond donors (Lipinski definition) is 0. The zero-order valence-electron chi connectivity index (χ0n) is 23.1. The first kappa shape index (κ1) is 30.4. The van der Waals surface area contributed by atoms with Gasteiger partial charge in [0.05, 0.1) is 0 Å². The normalized spacial score (nSPS) is 11.4. The molecular weight excluding hydrogens is 456 g/mol. The summed E-state index contributed by atoms with van der Waals surface area (Å²) in [6.07, 6.45) is 29.1. The Bertz CT molecular complexity index is 852. The molecule has 0 N–H and O–H groups in total. The molecule has 0 saturated heterocycles. The summed E-state index contributed by atoms with van der Waals surface area (Å²) in [6.45, 7) is 2.29. The largest absolute Gasteiger partial charge is 0.289 e. The second-order valence-electron chi connectivity index (χ2n) is 10.2. The maximum absolute atomic E-state index is 12.6. The third kappa shape index (κ3) is 14.1. The summed E-state index contributed by atoms with van der Waals surface area (Å²) in [4.78, 5) is 13.9. The van der Waals surface area contributed by atoms with Crippen molar-refractivity contribution in [3.05, 3.63) is 71.3 Å². The molecule has 0 aliphatic heterocycles. The first-order chi connectivity index (χ1) is 17.7. The standard InChI is InChI=1S/C34H50OS/c1-3-4-5-6-7-8-9-10-11-12-13-14-15-16-17-18-20-31-21-19-22-32(29-31)34(35)28-25-30-23-26-33(36-2)27-24-30/h19,21-29H,3-18,20H2,1-2H3. The van der Waals surface area contributed by atoms with Crippen LogP contribution in [0, 0.1) is 0 Å². The van der Waals surface area contributed by atoms with Crippen LogP contribution >= 0.6 is 11.8 Å². The van der Waals surface area contributed by atoms with E-state index in [4.69, 9.17) is 0 Å². The number of carbonyl (C=O) groups excluding carboxylic acids is 1. The van der Waals surface area contributed by atoms with Gasteiger partial charge in [-0.3, -0.25) is 4.79 Å². The molecule has 2 heteroatoms. The smallest absolute Gasteiger partial charge is 0.185 e. The van der Waals surface area contributed by atoms with Crippen molar-refractivity contribution in [1.29, 1.82) is 0 Å². The zero-order chi connectivity index (χ0) is 25.7. The number of ketones is 1. The minimum atomic E-state index is 0.0813. The summed E-state index contributed by atoms with van der Waals surface area (Å²) in [7, 11) is 0. The van der Waals surface area contributed by atoms with E-state index in [1.807, 2.05) is 18.2 Å². The highest BCUT2D eigenvalue weighted by Gasteiger charge is 2.03. The molecule has 2 aromatic rings. The number of unbranched alkanes of at least 4 members (excludes halogenated alkanes) is 15. The molecule has 0 unspecified atom stereocenters.